The fourth-order valence-corrected chi connectivity index (χ4v) is 3.76. The van der Waals surface area contributed by atoms with E-state index in [-0.39, 0.29) is 0 Å². The summed E-state index contributed by atoms with van der Waals surface area (Å²) in [5, 5.41) is 0. The maximum atomic E-state index is 5.32. The molecule has 0 bridgehead atoms. The first kappa shape index (κ1) is 15.1. The Morgan fingerprint density at radius 3 is 2.20 bits per heavy atom. The fourth-order valence-electron chi connectivity index (χ4n) is 1.25. The molecule has 0 aromatic carbocycles. The molecular formula is C9H23NO3Si2. The minimum Gasteiger partial charge on any atom is -0.377 e. The lowest BCUT2D eigenvalue weighted by molar-refractivity contribution is 0.123. The summed E-state index contributed by atoms with van der Waals surface area (Å²) in [7, 11) is 2.91. The van der Waals surface area contributed by atoms with Gasteiger partial charge in [0.15, 0.2) is 0 Å². The van der Waals surface area contributed by atoms with E-state index < -0.39 is 8.80 Å². The van der Waals surface area contributed by atoms with E-state index in [9.17, 15) is 0 Å². The van der Waals surface area contributed by atoms with Crippen LogP contribution in [0.3, 0.4) is 0 Å². The van der Waals surface area contributed by atoms with Gasteiger partial charge in [0.1, 0.15) is 9.31 Å². The van der Waals surface area contributed by atoms with Crippen molar-refractivity contribution >= 4 is 18.1 Å². The Morgan fingerprint density at radius 2 is 1.73 bits per heavy atom. The molecule has 0 saturated carbocycles. The van der Waals surface area contributed by atoms with E-state index in [2.05, 4.69) is 11.6 Å². The Labute approximate surface area is 96.2 Å². The molecule has 0 aliphatic rings. The van der Waals surface area contributed by atoms with E-state index in [0.717, 1.165) is 19.0 Å². The molecule has 0 aliphatic carbocycles. The SMILES string of the molecule is CCC[SiH]=NCCC[Si](OC)(OC)OC. The average Bonchev–Trinajstić information content (AvgIpc) is 2.29. The second-order valence-corrected chi connectivity index (χ2v) is 7.67. The van der Waals surface area contributed by atoms with Gasteiger partial charge in [-0.1, -0.05) is 13.3 Å². The molecule has 0 aliphatic heterocycles. The third-order valence-electron chi connectivity index (χ3n) is 2.25. The summed E-state index contributed by atoms with van der Waals surface area (Å²) in [5.74, 6) is 0. The van der Waals surface area contributed by atoms with E-state index in [1.54, 1.807) is 21.3 Å². The Balaban J connectivity index is 3.71. The Bertz CT molecular complexity index is 166. The average molecular weight is 249 g/mol. The van der Waals surface area contributed by atoms with E-state index in [4.69, 9.17) is 13.3 Å². The molecule has 0 saturated heterocycles. The predicted octanol–water partition coefficient (Wildman–Crippen LogP) is 1.70. The van der Waals surface area contributed by atoms with Gasteiger partial charge in [-0.3, -0.25) is 0 Å². The molecule has 0 unspecified atom stereocenters. The van der Waals surface area contributed by atoms with Crippen LogP contribution < -0.4 is 0 Å². The number of hydrogen-bond donors (Lipinski definition) is 0. The van der Waals surface area contributed by atoms with Crippen LogP contribution >= 0.6 is 0 Å². The quantitative estimate of drug-likeness (QED) is 0.461. The molecule has 0 aromatic rings. The van der Waals surface area contributed by atoms with Crippen LogP contribution in [0, 0.1) is 0 Å². The maximum Gasteiger partial charge on any atom is 0.500 e. The number of nitrogens with zero attached hydrogens (tertiary/aromatic N) is 1. The number of rotatable bonds is 9. The van der Waals surface area contributed by atoms with Crippen molar-refractivity contribution in [1.82, 2.24) is 0 Å². The lowest BCUT2D eigenvalue weighted by Crippen LogP contribution is -2.42. The zero-order valence-electron chi connectivity index (χ0n) is 10.3. The van der Waals surface area contributed by atoms with E-state index in [1.165, 1.54) is 12.5 Å². The molecule has 6 heteroatoms. The second-order valence-electron chi connectivity index (χ2n) is 3.28. The van der Waals surface area contributed by atoms with Gasteiger partial charge in [0.2, 0.25) is 0 Å². The summed E-state index contributed by atoms with van der Waals surface area (Å²) in [4.78, 5) is 0. The normalized spacial score (nSPS) is 12.5. The van der Waals surface area contributed by atoms with Gasteiger partial charge in [-0.2, -0.15) is 0 Å². The van der Waals surface area contributed by atoms with Gasteiger partial charge in [0, 0.05) is 33.9 Å². The van der Waals surface area contributed by atoms with Crippen LogP contribution in [0.15, 0.2) is 4.63 Å². The molecule has 0 radical (unpaired) electrons. The van der Waals surface area contributed by atoms with Gasteiger partial charge in [-0.05, 0) is 12.5 Å². The van der Waals surface area contributed by atoms with Crippen molar-refractivity contribution in [3.63, 3.8) is 0 Å². The lowest BCUT2D eigenvalue weighted by Gasteiger charge is -2.23. The van der Waals surface area contributed by atoms with Crippen molar-refractivity contribution in [2.24, 2.45) is 4.63 Å². The van der Waals surface area contributed by atoms with Crippen molar-refractivity contribution in [1.29, 1.82) is 0 Å². The molecule has 0 fully saturated rings. The maximum absolute atomic E-state index is 5.32. The first-order valence-corrected chi connectivity index (χ1v) is 8.65. The van der Waals surface area contributed by atoms with Crippen molar-refractivity contribution in [3.05, 3.63) is 0 Å². The molecule has 0 amide bonds. The number of hydrogen-bond acceptors (Lipinski definition) is 4. The summed E-state index contributed by atoms with van der Waals surface area (Å²) in [6, 6.07) is 2.12. The van der Waals surface area contributed by atoms with Crippen LogP contribution in [0.4, 0.5) is 0 Å². The van der Waals surface area contributed by atoms with Gasteiger partial charge >= 0.3 is 8.80 Å². The summed E-state index contributed by atoms with van der Waals surface area (Å²) >= 11 is 0. The largest absolute Gasteiger partial charge is 0.500 e. The van der Waals surface area contributed by atoms with E-state index in [0.29, 0.717) is 9.31 Å². The summed E-state index contributed by atoms with van der Waals surface area (Å²) in [6.07, 6.45) is 2.24. The second kappa shape index (κ2) is 9.35. The lowest BCUT2D eigenvalue weighted by atomic mass is 10.5. The topological polar surface area (TPSA) is 40.0 Å². The van der Waals surface area contributed by atoms with Crippen LogP contribution in [0.25, 0.3) is 0 Å². The monoisotopic (exact) mass is 249 g/mol. The highest BCUT2D eigenvalue weighted by Crippen LogP contribution is 2.14. The van der Waals surface area contributed by atoms with Gasteiger partial charge in [0.05, 0.1) is 0 Å². The predicted molar refractivity (Wildman–Crippen MR) is 65.7 cm³/mol. The molecule has 0 heterocycles. The zero-order valence-corrected chi connectivity index (χ0v) is 12.4. The Morgan fingerprint density at radius 1 is 1.13 bits per heavy atom. The highest BCUT2D eigenvalue weighted by atomic mass is 28.4. The van der Waals surface area contributed by atoms with Crippen LogP contribution in [-0.4, -0.2) is 46.0 Å². The molecule has 15 heavy (non-hydrogen) atoms. The van der Waals surface area contributed by atoms with Crippen LogP contribution in [0.1, 0.15) is 19.8 Å². The molecule has 4 nitrogen and oxygen atoms in total. The van der Waals surface area contributed by atoms with Crippen LogP contribution in [0.2, 0.25) is 12.1 Å². The van der Waals surface area contributed by atoms with Crippen LogP contribution in [0.5, 0.6) is 0 Å². The standard InChI is InChI=1S/C9H23NO3Si2/c1-5-8-14-10-7-6-9-15(11-2,12-3)13-4/h14H,5-9H2,1-4H3. The Kier molecular flexibility index (Phi) is 9.42. The van der Waals surface area contributed by atoms with Gasteiger partial charge in [0.25, 0.3) is 0 Å². The minimum atomic E-state index is -2.34. The molecule has 0 atom stereocenters. The first-order chi connectivity index (χ1) is 7.24. The van der Waals surface area contributed by atoms with Gasteiger partial charge in [-0.25, -0.2) is 0 Å². The third kappa shape index (κ3) is 6.31. The zero-order chi connectivity index (χ0) is 11.6. The molecule has 0 rings (SSSR count). The molecular weight excluding hydrogens is 226 g/mol. The minimum absolute atomic E-state index is 0.296. The van der Waals surface area contributed by atoms with Crippen molar-refractivity contribution in [3.8, 4) is 0 Å². The fraction of sp³-hybridized carbons (Fsp3) is 1.00. The van der Waals surface area contributed by atoms with Crippen molar-refractivity contribution < 1.29 is 13.3 Å². The highest BCUT2D eigenvalue weighted by Gasteiger charge is 2.36. The Hall–Kier alpha value is 0.114. The third-order valence-corrected chi connectivity index (χ3v) is 6.43. The molecule has 0 N–H and O–H groups in total. The van der Waals surface area contributed by atoms with Crippen LogP contribution in [-0.2, 0) is 13.3 Å². The van der Waals surface area contributed by atoms with Crippen molar-refractivity contribution in [2.45, 2.75) is 31.9 Å². The van der Waals surface area contributed by atoms with Crippen molar-refractivity contribution in [2.75, 3.05) is 27.9 Å². The smallest absolute Gasteiger partial charge is 0.377 e. The van der Waals surface area contributed by atoms with Gasteiger partial charge in [-0.15, -0.1) is 0 Å². The molecule has 0 spiro atoms. The van der Waals surface area contributed by atoms with Gasteiger partial charge < -0.3 is 17.9 Å². The highest BCUT2D eigenvalue weighted by molar-refractivity contribution is 6.60. The van der Waals surface area contributed by atoms with E-state index in [1.807, 2.05) is 0 Å². The van der Waals surface area contributed by atoms with E-state index >= 15 is 0 Å². The first-order valence-electron chi connectivity index (χ1n) is 5.38. The summed E-state index contributed by atoms with van der Waals surface area (Å²) < 4.78 is 20.5. The molecule has 0 aromatic heterocycles. The summed E-state index contributed by atoms with van der Waals surface area (Å²) in [6.45, 7) is 3.11. The summed E-state index contributed by atoms with van der Waals surface area (Å²) in [5.41, 5.74) is 0. The molecule has 90 valence electrons.